The normalized spacial score (nSPS) is 23.6. The summed E-state index contributed by atoms with van der Waals surface area (Å²) in [6, 6.07) is -2.76. The molecule has 0 unspecified atom stereocenters. The number of nitrogens with one attached hydrogen (secondary N) is 6. The third-order valence-corrected chi connectivity index (χ3v) is 11.7. The van der Waals surface area contributed by atoms with Gasteiger partial charge < -0.3 is 64.5 Å². The molecule has 0 saturated carbocycles. The van der Waals surface area contributed by atoms with E-state index in [1.807, 2.05) is 13.8 Å². The standard InChI is InChI=1S/C45H69N11O12/c1-5-25(4)38-44(66)51-29(17-18-34(47)57)41(63)53-32(22-35(48)58)42(64)52-30(10-7-6-8-12-37(60)68-27-15-13-26(14-16-27)21-28(46)39(61)55-38)45(67)56-19-9-11-33(56)43(65)54-31(20-24(2)3)40(62)50-23-36(49)59/h13-16,24-25,28-33,38H,5-12,17-23,46H2,1-4H3,(H2,47,57)(H2,48,58)(H2,49,59)(H,50,62)(H,51,66)(H,52,64)(H,53,63)(H,54,65)(H,55,61)/t25-,28+,29+,30+,31+,32+,33+,38+/m1/s1. The SMILES string of the molecule is CC[C@@H](C)[C@@H]1NC(=O)[C@@H](N)Cc2ccc(cc2)OC(=O)CCCCC[C@@H](C(=O)N2CCC[C@H]2C(=O)N[C@@H](CC(C)C)C(=O)NCC(N)=O)NC(=O)[C@H](CC(N)=O)NC(=O)[C@H](CCC(N)=O)NC1=O. The van der Waals surface area contributed by atoms with E-state index in [9.17, 15) is 52.7 Å². The van der Waals surface area contributed by atoms with Crippen LogP contribution in [-0.2, 0) is 59.2 Å². The molecule has 0 spiro atoms. The van der Waals surface area contributed by atoms with Gasteiger partial charge in [-0.05, 0) is 74.5 Å². The first-order valence-corrected chi connectivity index (χ1v) is 23.1. The Kier molecular flexibility index (Phi) is 22.3. The third kappa shape index (κ3) is 18.2. The number of nitrogens with two attached hydrogens (primary N) is 4. The lowest BCUT2D eigenvalue weighted by Crippen LogP contribution is -2.61. The zero-order chi connectivity index (χ0) is 50.7. The molecule has 68 heavy (non-hydrogen) atoms. The maximum absolute atomic E-state index is 14.5. The van der Waals surface area contributed by atoms with Gasteiger partial charge >= 0.3 is 5.97 Å². The molecule has 1 fully saturated rings. The molecule has 23 nitrogen and oxygen atoms in total. The Morgan fingerprint density at radius 2 is 1.44 bits per heavy atom. The van der Waals surface area contributed by atoms with Gasteiger partial charge in [-0.25, -0.2) is 0 Å². The van der Waals surface area contributed by atoms with Crippen molar-refractivity contribution in [2.75, 3.05) is 13.1 Å². The number of fused-ring (bicyclic) bond motifs is 22. The minimum absolute atomic E-state index is 0.00948. The second-order valence-electron chi connectivity index (χ2n) is 17.8. The average Bonchev–Trinajstić information content (AvgIpc) is 3.77. The number of rotatable bonds is 15. The minimum atomic E-state index is -1.73. The zero-order valence-electron chi connectivity index (χ0n) is 39.3. The van der Waals surface area contributed by atoms with E-state index < -0.39 is 133 Å². The van der Waals surface area contributed by atoms with Crippen molar-refractivity contribution >= 4 is 65.0 Å². The van der Waals surface area contributed by atoms with Gasteiger partial charge in [-0.2, -0.15) is 0 Å². The quantitative estimate of drug-likeness (QED) is 0.0502. The van der Waals surface area contributed by atoms with Crippen LogP contribution in [0.4, 0.5) is 0 Å². The first-order valence-electron chi connectivity index (χ1n) is 23.1. The fraction of sp³-hybridized carbons (Fsp3) is 0.622. The van der Waals surface area contributed by atoms with E-state index >= 15 is 0 Å². The number of carbonyl (C=O) groups excluding carboxylic acids is 11. The molecular formula is C45H69N11O12. The molecule has 3 heterocycles. The summed E-state index contributed by atoms with van der Waals surface area (Å²) in [5.41, 5.74) is 23.0. The molecule has 1 saturated heterocycles. The molecule has 3 aliphatic heterocycles. The maximum atomic E-state index is 14.5. The Morgan fingerprint density at radius 3 is 2.06 bits per heavy atom. The van der Waals surface area contributed by atoms with Crippen LogP contribution in [0.15, 0.2) is 24.3 Å². The molecule has 0 aromatic heterocycles. The smallest absolute Gasteiger partial charge is 0.311 e. The topological polar surface area (TPSA) is 376 Å². The van der Waals surface area contributed by atoms with Crippen LogP contribution in [0.25, 0.3) is 0 Å². The number of benzene rings is 1. The molecule has 376 valence electrons. The average molecular weight is 956 g/mol. The summed E-state index contributed by atoms with van der Waals surface area (Å²) in [6.07, 6.45) is 0.598. The van der Waals surface area contributed by atoms with Crippen LogP contribution >= 0.6 is 0 Å². The van der Waals surface area contributed by atoms with Crippen molar-refractivity contribution in [2.45, 2.75) is 153 Å². The summed E-state index contributed by atoms with van der Waals surface area (Å²) < 4.78 is 5.49. The van der Waals surface area contributed by atoms with E-state index in [1.165, 1.54) is 4.90 Å². The largest absolute Gasteiger partial charge is 0.427 e. The Labute approximate surface area is 395 Å². The molecule has 3 aliphatic rings. The highest BCUT2D eigenvalue weighted by atomic mass is 16.5. The van der Waals surface area contributed by atoms with Crippen molar-refractivity contribution in [3.63, 3.8) is 0 Å². The highest BCUT2D eigenvalue weighted by Gasteiger charge is 2.40. The lowest BCUT2D eigenvalue weighted by atomic mass is 9.96. The summed E-state index contributed by atoms with van der Waals surface area (Å²) in [4.78, 5) is 146. The number of likely N-dealkylation sites (tertiary alicyclic amines) is 1. The summed E-state index contributed by atoms with van der Waals surface area (Å²) in [5.74, 6) is -9.07. The van der Waals surface area contributed by atoms with Gasteiger partial charge in [-0.15, -0.1) is 0 Å². The molecule has 8 atom stereocenters. The van der Waals surface area contributed by atoms with Gasteiger partial charge in [0, 0.05) is 19.4 Å². The number of hydrogen-bond acceptors (Lipinski definition) is 13. The van der Waals surface area contributed by atoms with Crippen LogP contribution in [0.5, 0.6) is 5.75 Å². The summed E-state index contributed by atoms with van der Waals surface area (Å²) >= 11 is 0. The van der Waals surface area contributed by atoms with Crippen LogP contribution in [0.2, 0.25) is 0 Å². The first-order chi connectivity index (χ1) is 32.1. The summed E-state index contributed by atoms with van der Waals surface area (Å²) in [7, 11) is 0. The second kappa shape index (κ2) is 27.2. The molecule has 23 heteroatoms. The van der Waals surface area contributed by atoms with Crippen LogP contribution < -0.4 is 59.6 Å². The lowest BCUT2D eigenvalue weighted by molar-refractivity contribution is -0.143. The Hall–Kier alpha value is -6.65. The van der Waals surface area contributed by atoms with Gasteiger partial charge in [0.05, 0.1) is 19.0 Å². The van der Waals surface area contributed by atoms with Gasteiger partial charge in [0.1, 0.15) is 42.0 Å². The Morgan fingerprint density at radius 1 is 0.779 bits per heavy atom. The number of carbonyl (C=O) groups is 11. The predicted molar refractivity (Wildman–Crippen MR) is 245 cm³/mol. The van der Waals surface area contributed by atoms with Crippen molar-refractivity contribution in [1.82, 2.24) is 36.8 Å². The van der Waals surface area contributed by atoms with E-state index in [4.69, 9.17) is 27.7 Å². The number of primary amides is 3. The van der Waals surface area contributed by atoms with Crippen molar-refractivity contribution in [2.24, 2.45) is 34.8 Å². The number of nitrogens with zero attached hydrogens (tertiary/aromatic N) is 1. The Bertz CT molecular complexity index is 2000. The van der Waals surface area contributed by atoms with Gasteiger partial charge in [0.15, 0.2) is 0 Å². The van der Waals surface area contributed by atoms with Crippen LogP contribution in [0.1, 0.15) is 110 Å². The summed E-state index contributed by atoms with van der Waals surface area (Å²) in [6.45, 7) is 6.74. The monoisotopic (exact) mass is 956 g/mol. The molecule has 0 aliphatic carbocycles. The highest BCUT2D eigenvalue weighted by molar-refractivity contribution is 5.99. The molecule has 2 bridgehead atoms. The molecule has 1 aromatic rings. The van der Waals surface area contributed by atoms with E-state index in [-0.39, 0.29) is 63.2 Å². The minimum Gasteiger partial charge on any atom is -0.427 e. The molecule has 0 radical (unpaired) electrons. The van der Waals surface area contributed by atoms with Crippen molar-refractivity contribution in [3.8, 4) is 5.75 Å². The fourth-order valence-corrected chi connectivity index (χ4v) is 7.78. The second-order valence-corrected chi connectivity index (χ2v) is 17.8. The number of amides is 10. The van der Waals surface area contributed by atoms with Gasteiger partial charge in [-0.1, -0.05) is 59.1 Å². The van der Waals surface area contributed by atoms with Crippen LogP contribution in [0.3, 0.4) is 0 Å². The van der Waals surface area contributed by atoms with Crippen molar-refractivity contribution < 1.29 is 57.5 Å². The molecular weight excluding hydrogens is 887 g/mol. The molecule has 4 rings (SSSR count). The molecule has 1 aromatic carbocycles. The third-order valence-electron chi connectivity index (χ3n) is 11.7. The number of esters is 1. The number of hydrogen-bond donors (Lipinski definition) is 10. The van der Waals surface area contributed by atoms with E-state index in [2.05, 4.69) is 31.9 Å². The van der Waals surface area contributed by atoms with E-state index in [0.29, 0.717) is 31.2 Å². The zero-order valence-corrected chi connectivity index (χ0v) is 39.3. The van der Waals surface area contributed by atoms with E-state index in [0.717, 1.165) is 0 Å². The highest BCUT2D eigenvalue weighted by Crippen LogP contribution is 2.22. The first kappa shape index (κ1) is 55.7. The molecule has 14 N–H and O–H groups in total. The Balaban J connectivity index is 2.00. The lowest BCUT2D eigenvalue weighted by Gasteiger charge is -2.31. The predicted octanol–water partition coefficient (Wildman–Crippen LogP) is -2.32. The van der Waals surface area contributed by atoms with Crippen molar-refractivity contribution in [3.05, 3.63) is 29.8 Å². The van der Waals surface area contributed by atoms with Gasteiger partial charge in [0.25, 0.3) is 0 Å². The van der Waals surface area contributed by atoms with Gasteiger partial charge in [0.2, 0.25) is 59.1 Å². The summed E-state index contributed by atoms with van der Waals surface area (Å²) in [5, 5.41) is 15.3. The maximum Gasteiger partial charge on any atom is 0.311 e. The van der Waals surface area contributed by atoms with Crippen LogP contribution in [-0.4, -0.2) is 125 Å². The molecule has 10 amide bonds. The number of ether oxygens (including phenoxy) is 1. The van der Waals surface area contributed by atoms with Crippen LogP contribution in [0, 0.1) is 11.8 Å². The van der Waals surface area contributed by atoms with Crippen molar-refractivity contribution in [1.29, 1.82) is 0 Å². The van der Waals surface area contributed by atoms with E-state index in [1.54, 1.807) is 38.1 Å². The fourth-order valence-electron chi connectivity index (χ4n) is 7.78. The van der Waals surface area contributed by atoms with Gasteiger partial charge in [-0.3, -0.25) is 52.7 Å².